The largest absolute Gasteiger partial charge is 0.320 e. The third-order valence-corrected chi connectivity index (χ3v) is 5.55. The standard InChI is InChI=1S/C25H20N2OS/c1-18-14-15-24(29-19-9-3-2-4-10-19)21(17-18)20-11-5-6-12-22(20)27-25(28)23-13-7-8-16-26-23/h2-17H,1H3,(H,27,28). The van der Waals surface area contributed by atoms with E-state index in [-0.39, 0.29) is 5.91 Å². The lowest BCUT2D eigenvalue weighted by molar-refractivity contribution is 0.102. The molecule has 1 aromatic heterocycles. The first-order valence-electron chi connectivity index (χ1n) is 9.36. The Morgan fingerprint density at radius 3 is 2.38 bits per heavy atom. The van der Waals surface area contributed by atoms with E-state index in [0.717, 1.165) is 21.7 Å². The number of benzene rings is 3. The molecular weight excluding hydrogens is 376 g/mol. The van der Waals surface area contributed by atoms with Crippen LogP contribution in [0, 0.1) is 6.92 Å². The molecule has 0 atom stereocenters. The van der Waals surface area contributed by atoms with Crippen molar-refractivity contribution in [3.05, 3.63) is 108 Å². The van der Waals surface area contributed by atoms with Gasteiger partial charge in [0.2, 0.25) is 0 Å². The SMILES string of the molecule is Cc1ccc(Sc2ccccc2)c(-c2ccccc2NC(=O)c2ccccn2)c1. The summed E-state index contributed by atoms with van der Waals surface area (Å²) in [5.74, 6) is -0.219. The maximum atomic E-state index is 12.7. The lowest BCUT2D eigenvalue weighted by Gasteiger charge is -2.15. The summed E-state index contributed by atoms with van der Waals surface area (Å²) in [6.07, 6.45) is 1.62. The quantitative estimate of drug-likeness (QED) is 0.421. The predicted octanol–water partition coefficient (Wildman–Crippen LogP) is 6.46. The van der Waals surface area contributed by atoms with Crippen molar-refractivity contribution in [2.45, 2.75) is 16.7 Å². The second kappa shape index (κ2) is 8.76. The molecule has 29 heavy (non-hydrogen) atoms. The Kier molecular flexibility index (Phi) is 5.73. The normalized spacial score (nSPS) is 10.5. The highest BCUT2D eigenvalue weighted by Gasteiger charge is 2.14. The Morgan fingerprint density at radius 1 is 0.828 bits per heavy atom. The first-order chi connectivity index (χ1) is 14.2. The molecule has 142 valence electrons. The van der Waals surface area contributed by atoms with Crippen LogP contribution in [0.15, 0.2) is 107 Å². The number of nitrogens with zero attached hydrogens (tertiary/aromatic N) is 1. The minimum Gasteiger partial charge on any atom is -0.320 e. The average Bonchev–Trinajstić information content (AvgIpc) is 2.77. The van der Waals surface area contributed by atoms with Crippen LogP contribution < -0.4 is 5.32 Å². The Hall–Kier alpha value is -3.37. The lowest BCUT2D eigenvalue weighted by atomic mass is 10.0. The van der Waals surface area contributed by atoms with E-state index in [9.17, 15) is 4.79 Å². The van der Waals surface area contributed by atoms with Crippen LogP contribution in [-0.2, 0) is 0 Å². The van der Waals surface area contributed by atoms with Gasteiger partial charge in [0.25, 0.3) is 5.91 Å². The maximum Gasteiger partial charge on any atom is 0.274 e. The van der Waals surface area contributed by atoms with Crippen LogP contribution >= 0.6 is 11.8 Å². The van der Waals surface area contributed by atoms with Gasteiger partial charge in [-0.2, -0.15) is 0 Å². The van der Waals surface area contributed by atoms with Gasteiger partial charge in [-0.05, 0) is 48.9 Å². The highest BCUT2D eigenvalue weighted by atomic mass is 32.2. The number of aromatic nitrogens is 1. The molecule has 0 aliphatic heterocycles. The molecule has 0 aliphatic carbocycles. The molecular formula is C25H20N2OS. The Morgan fingerprint density at radius 2 is 1.59 bits per heavy atom. The lowest BCUT2D eigenvalue weighted by Crippen LogP contribution is -2.14. The fourth-order valence-electron chi connectivity index (χ4n) is 3.07. The van der Waals surface area contributed by atoms with E-state index in [4.69, 9.17) is 0 Å². The topological polar surface area (TPSA) is 42.0 Å². The molecule has 3 aromatic carbocycles. The number of aryl methyl sites for hydroxylation is 1. The molecule has 4 aromatic rings. The van der Waals surface area contributed by atoms with E-state index in [1.165, 1.54) is 10.5 Å². The second-order valence-electron chi connectivity index (χ2n) is 6.63. The molecule has 0 spiro atoms. The van der Waals surface area contributed by atoms with Gasteiger partial charge in [-0.15, -0.1) is 0 Å². The summed E-state index contributed by atoms with van der Waals surface area (Å²) in [4.78, 5) is 19.1. The van der Waals surface area contributed by atoms with Crippen molar-refractivity contribution < 1.29 is 4.79 Å². The maximum absolute atomic E-state index is 12.7. The van der Waals surface area contributed by atoms with Gasteiger partial charge >= 0.3 is 0 Å². The van der Waals surface area contributed by atoms with Crippen molar-refractivity contribution in [1.82, 2.24) is 4.98 Å². The Labute approximate surface area is 174 Å². The minimum absolute atomic E-state index is 0.219. The second-order valence-corrected chi connectivity index (χ2v) is 7.74. The molecule has 3 nitrogen and oxygen atoms in total. The van der Waals surface area contributed by atoms with Crippen LogP contribution in [0.2, 0.25) is 0 Å². The zero-order valence-electron chi connectivity index (χ0n) is 16.0. The van der Waals surface area contributed by atoms with E-state index >= 15 is 0 Å². The number of carbonyl (C=O) groups is 1. The predicted molar refractivity (Wildman–Crippen MR) is 119 cm³/mol. The molecule has 1 N–H and O–H groups in total. The Balaban J connectivity index is 1.72. The molecule has 0 radical (unpaired) electrons. The fourth-order valence-corrected chi connectivity index (χ4v) is 4.03. The van der Waals surface area contributed by atoms with Gasteiger partial charge in [0.15, 0.2) is 0 Å². The molecule has 4 heteroatoms. The molecule has 0 bridgehead atoms. The molecule has 0 saturated heterocycles. The molecule has 0 saturated carbocycles. The minimum atomic E-state index is -0.219. The van der Waals surface area contributed by atoms with E-state index in [0.29, 0.717) is 5.69 Å². The first kappa shape index (κ1) is 19.0. The van der Waals surface area contributed by atoms with Gasteiger partial charge in [0, 0.05) is 27.2 Å². The van der Waals surface area contributed by atoms with Crippen molar-refractivity contribution in [1.29, 1.82) is 0 Å². The van der Waals surface area contributed by atoms with E-state index in [2.05, 4.69) is 47.6 Å². The van der Waals surface area contributed by atoms with Crippen molar-refractivity contribution in [2.24, 2.45) is 0 Å². The number of para-hydroxylation sites is 1. The summed E-state index contributed by atoms with van der Waals surface area (Å²) >= 11 is 1.72. The van der Waals surface area contributed by atoms with Gasteiger partial charge in [0.05, 0.1) is 0 Å². The molecule has 4 rings (SSSR count). The number of pyridine rings is 1. The zero-order chi connectivity index (χ0) is 20.1. The Bertz CT molecular complexity index is 1130. The van der Waals surface area contributed by atoms with Gasteiger partial charge in [-0.25, -0.2) is 0 Å². The van der Waals surface area contributed by atoms with Crippen molar-refractivity contribution in [2.75, 3.05) is 5.32 Å². The van der Waals surface area contributed by atoms with Crippen LogP contribution in [0.3, 0.4) is 0 Å². The van der Waals surface area contributed by atoms with E-state index < -0.39 is 0 Å². The third kappa shape index (κ3) is 4.55. The van der Waals surface area contributed by atoms with Crippen LogP contribution in [0.4, 0.5) is 5.69 Å². The highest BCUT2D eigenvalue weighted by molar-refractivity contribution is 7.99. The van der Waals surface area contributed by atoms with Crippen LogP contribution in [0.5, 0.6) is 0 Å². The summed E-state index contributed by atoms with van der Waals surface area (Å²) in [5, 5.41) is 3.03. The van der Waals surface area contributed by atoms with Crippen LogP contribution in [0.25, 0.3) is 11.1 Å². The average molecular weight is 397 g/mol. The summed E-state index contributed by atoms with van der Waals surface area (Å²) in [6, 6.07) is 29.9. The molecule has 1 amide bonds. The van der Waals surface area contributed by atoms with E-state index in [1.54, 1.807) is 30.1 Å². The zero-order valence-corrected chi connectivity index (χ0v) is 16.8. The van der Waals surface area contributed by atoms with Crippen LogP contribution in [0.1, 0.15) is 16.1 Å². The van der Waals surface area contributed by atoms with Crippen LogP contribution in [-0.4, -0.2) is 10.9 Å². The van der Waals surface area contributed by atoms with Crippen molar-refractivity contribution in [3.63, 3.8) is 0 Å². The molecule has 0 aliphatic rings. The van der Waals surface area contributed by atoms with E-state index in [1.807, 2.05) is 48.5 Å². The van der Waals surface area contributed by atoms with Gasteiger partial charge in [-0.1, -0.05) is 71.9 Å². The first-order valence-corrected chi connectivity index (χ1v) is 10.2. The number of carbonyl (C=O) groups excluding carboxylic acids is 1. The number of rotatable bonds is 5. The number of nitrogens with one attached hydrogen (secondary N) is 1. The monoisotopic (exact) mass is 396 g/mol. The number of hydrogen-bond acceptors (Lipinski definition) is 3. The van der Waals surface area contributed by atoms with Gasteiger partial charge < -0.3 is 5.32 Å². The fraction of sp³-hybridized carbons (Fsp3) is 0.0400. The van der Waals surface area contributed by atoms with Gasteiger partial charge in [-0.3, -0.25) is 9.78 Å². The molecule has 1 heterocycles. The summed E-state index contributed by atoms with van der Waals surface area (Å²) < 4.78 is 0. The summed E-state index contributed by atoms with van der Waals surface area (Å²) in [7, 11) is 0. The van der Waals surface area contributed by atoms with Crippen molar-refractivity contribution in [3.8, 4) is 11.1 Å². The molecule has 0 unspecified atom stereocenters. The number of anilines is 1. The number of amides is 1. The van der Waals surface area contributed by atoms with Crippen molar-refractivity contribution >= 4 is 23.4 Å². The third-order valence-electron chi connectivity index (χ3n) is 4.47. The smallest absolute Gasteiger partial charge is 0.274 e. The summed E-state index contributed by atoms with van der Waals surface area (Å²) in [6.45, 7) is 2.08. The van der Waals surface area contributed by atoms with Gasteiger partial charge in [0.1, 0.15) is 5.69 Å². The molecule has 0 fully saturated rings. The summed E-state index contributed by atoms with van der Waals surface area (Å²) in [5.41, 5.74) is 4.41. The number of hydrogen-bond donors (Lipinski definition) is 1. The highest BCUT2D eigenvalue weighted by Crippen LogP contribution is 2.39.